The van der Waals surface area contributed by atoms with Crippen LogP contribution in [0.1, 0.15) is 19.8 Å². The largest absolute Gasteiger partial charge is 0.478 e. The summed E-state index contributed by atoms with van der Waals surface area (Å²) < 4.78 is 0. The molecule has 0 unspecified atom stereocenters. The lowest BCUT2D eigenvalue weighted by molar-refractivity contribution is -0.131. The SMILES string of the molecule is CC(=CC(=O)O)CNCCN1CCCC1. The maximum absolute atomic E-state index is 10.3. The third-order valence-corrected chi connectivity index (χ3v) is 2.58. The molecule has 0 aliphatic carbocycles. The molecule has 0 aromatic carbocycles. The molecular weight excluding hydrogens is 192 g/mol. The Balaban J connectivity index is 2.03. The van der Waals surface area contributed by atoms with Gasteiger partial charge in [0.1, 0.15) is 0 Å². The lowest BCUT2D eigenvalue weighted by Gasteiger charge is -2.14. The van der Waals surface area contributed by atoms with Crippen molar-refractivity contribution < 1.29 is 9.90 Å². The van der Waals surface area contributed by atoms with Gasteiger partial charge in [-0.1, -0.05) is 5.57 Å². The molecule has 1 saturated heterocycles. The number of carbonyl (C=O) groups is 1. The summed E-state index contributed by atoms with van der Waals surface area (Å²) in [6.07, 6.45) is 3.89. The average Bonchev–Trinajstić information content (AvgIpc) is 2.63. The van der Waals surface area contributed by atoms with Crippen molar-refractivity contribution in [1.82, 2.24) is 10.2 Å². The Bertz CT molecular complexity index is 233. The monoisotopic (exact) mass is 212 g/mol. The number of nitrogens with one attached hydrogen (secondary N) is 1. The molecule has 0 spiro atoms. The second kappa shape index (κ2) is 6.58. The van der Waals surface area contributed by atoms with Gasteiger partial charge in [0.2, 0.25) is 0 Å². The van der Waals surface area contributed by atoms with E-state index in [1.165, 1.54) is 32.0 Å². The fraction of sp³-hybridized carbons (Fsp3) is 0.727. The van der Waals surface area contributed by atoms with Gasteiger partial charge in [0, 0.05) is 25.7 Å². The summed E-state index contributed by atoms with van der Waals surface area (Å²) in [4.78, 5) is 12.8. The van der Waals surface area contributed by atoms with Gasteiger partial charge in [0.25, 0.3) is 0 Å². The minimum Gasteiger partial charge on any atom is -0.478 e. The molecule has 0 radical (unpaired) electrons. The molecule has 0 bridgehead atoms. The highest BCUT2D eigenvalue weighted by Crippen LogP contribution is 2.05. The summed E-state index contributed by atoms with van der Waals surface area (Å²) in [5, 5.41) is 11.7. The van der Waals surface area contributed by atoms with Gasteiger partial charge in [0.15, 0.2) is 0 Å². The van der Waals surface area contributed by atoms with Crippen molar-refractivity contribution >= 4 is 5.97 Å². The molecule has 4 nitrogen and oxygen atoms in total. The predicted molar refractivity (Wildman–Crippen MR) is 59.9 cm³/mol. The third-order valence-electron chi connectivity index (χ3n) is 2.58. The smallest absolute Gasteiger partial charge is 0.328 e. The van der Waals surface area contributed by atoms with E-state index in [4.69, 9.17) is 5.11 Å². The van der Waals surface area contributed by atoms with Crippen LogP contribution in [-0.4, -0.2) is 48.7 Å². The van der Waals surface area contributed by atoms with Crippen LogP contribution in [0.15, 0.2) is 11.6 Å². The molecule has 86 valence electrons. The van der Waals surface area contributed by atoms with E-state index in [1.807, 2.05) is 6.92 Å². The van der Waals surface area contributed by atoms with Crippen LogP contribution >= 0.6 is 0 Å². The van der Waals surface area contributed by atoms with Crippen LogP contribution in [0.5, 0.6) is 0 Å². The predicted octanol–water partition coefficient (Wildman–Crippen LogP) is 0.703. The first-order valence-corrected chi connectivity index (χ1v) is 5.51. The van der Waals surface area contributed by atoms with E-state index < -0.39 is 5.97 Å². The van der Waals surface area contributed by atoms with Crippen molar-refractivity contribution in [3.8, 4) is 0 Å². The van der Waals surface area contributed by atoms with Gasteiger partial charge in [-0.3, -0.25) is 0 Å². The van der Waals surface area contributed by atoms with Crippen molar-refractivity contribution in [1.29, 1.82) is 0 Å². The van der Waals surface area contributed by atoms with E-state index in [0.717, 1.165) is 18.7 Å². The number of carboxylic acids is 1. The summed E-state index contributed by atoms with van der Waals surface area (Å²) in [7, 11) is 0. The standard InChI is InChI=1S/C11H20N2O2/c1-10(8-11(14)15)9-12-4-7-13-5-2-3-6-13/h8,12H,2-7,9H2,1H3,(H,14,15). The first kappa shape index (κ1) is 12.2. The Kier molecular flexibility index (Phi) is 5.36. The molecule has 4 heteroatoms. The highest BCUT2D eigenvalue weighted by molar-refractivity contribution is 5.80. The lowest BCUT2D eigenvalue weighted by Crippen LogP contribution is -2.30. The van der Waals surface area contributed by atoms with Crippen LogP contribution in [0.4, 0.5) is 0 Å². The first-order valence-electron chi connectivity index (χ1n) is 5.51. The zero-order valence-corrected chi connectivity index (χ0v) is 9.33. The summed E-state index contributed by atoms with van der Waals surface area (Å²) in [6.45, 7) is 6.93. The van der Waals surface area contributed by atoms with Crippen LogP contribution in [0.3, 0.4) is 0 Å². The van der Waals surface area contributed by atoms with Gasteiger partial charge < -0.3 is 15.3 Å². The number of nitrogens with zero attached hydrogens (tertiary/aromatic N) is 1. The number of rotatable bonds is 6. The Labute approximate surface area is 91.0 Å². The van der Waals surface area contributed by atoms with Crippen molar-refractivity contribution in [2.45, 2.75) is 19.8 Å². The fourth-order valence-electron chi connectivity index (χ4n) is 1.79. The molecule has 0 saturated carbocycles. The van der Waals surface area contributed by atoms with Crippen molar-refractivity contribution in [3.05, 3.63) is 11.6 Å². The van der Waals surface area contributed by atoms with E-state index in [-0.39, 0.29) is 0 Å². The zero-order valence-electron chi connectivity index (χ0n) is 9.33. The lowest BCUT2D eigenvalue weighted by atomic mass is 10.3. The van der Waals surface area contributed by atoms with Gasteiger partial charge in [-0.25, -0.2) is 4.79 Å². The van der Waals surface area contributed by atoms with Gasteiger partial charge in [-0.2, -0.15) is 0 Å². The van der Waals surface area contributed by atoms with Crippen molar-refractivity contribution in [2.24, 2.45) is 0 Å². The minimum absolute atomic E-state index is 0.667. The van der Waals surface area contributed by atoms with E-state index in [1.54, 1.807) is 0 Å². The summed E-state index contributed by atoms with van der Waals surface area (Å²) >= 11 is 0. The van der Waals surface area contributed by atoms with Gasteiger partial charge in [-0.15, -0.1) is 0 Å². The fourth-order valence-corrected chi connectivity index (χ4v) is 1.79. The highest BCUT2D eigenvalue weighted by atomic mass is 16.4. The maximum Gasteiger partial charge on any atom is 0.328 e. The average molecular weight is 212 g/mol. The Morgan fingerprint density at radius 1 is 1.47 bits per heavy atom. The number of hydrogen-bond donors (Lipinski definition) is 2. The highest BCUT2D eigenvalue weighted by Gasteiger charge is 2.09. The molecular formula is C11H20N2O2. The topological polar surface area (TPSA) is 52.6 Å². The molecule has 2 N–H and O–H groups in total. The van der Waals surface area contributed by atoms with Gasteiger partial charge in [-0.05, 0) is 32.9 Å². The normalized spacial score (nSPS) is 18.3. The second-order valence-electron chi connectivity index (χ2n) is 4.05. The minimum atomic E-state index is -0.867. The summed E-state index contributed by atoms with van der Waals surface area (Å²) in [6, 6.07) is 0. The van der Waals surface area contributed by atoms with Crippen LogP contribution in [0.2, 0.25) is 0 Å². The zero-order chi connectivity index (χ0) is 11.1. The van der Waals surface area contributed by atoms with Gasteiger partial charge in [0.05, 0.1) is 0 Å². The molecule has 0 aromatic heterocycles. The summed E-state index contributed by atoms with van der Waals surface area (Å²) in [5.41, 5.74) is 0.865. The van der Waals surface area contributed by atoms with Crippen LogP contribution in [0, 0.1) is 0 Å². The van der Waals surface area contributed by atoms with Crippen molar-refractivity contribution in [2.75, 3.05) is 32.7 Å². The van der Waals surface area contributed by atoms with E-state index in [0.29, 0.717) is 6.54 Å². The Morgan fingerprint density at radius 3 is 2.73 bits per heavy atom. The summed E-state index contributed by atoms with van der Waals surface area (Å²) in [5.74, 6) is -0.867. The number of likely N-dealkylation sites (tertiary alicyclic amines) is 1. The van der Waals surface area contributed by atoms with E-state index >= 15 is 0 Å². The molecule has 0 atom stereocenters. The Morgan fingerprint density at radius 2 is 2.13 bits per heavy atom. The van der Waals surface area contributed by atoms with E-state index in [2.05, 4.69) is 10.2 Å². The van der Waals surface area contributed by atoms with E-state index in [9.17, 15) is 4.79 Å². The molecule has 1 heterocycles. The molecule has 1 aliphatic rings. The third kappa shape index (κ3) is 5.54. The first-order chi connectivity index (χ1) is 7.18. The quantitative estimate of drug-likeness (QED) is 0.503. The molecule has 1 aliphatic heterocycles. The number of hydrogen-bond acceptors (Lipinski definition) is 3. The molecule has 15 heavy (non-hydrogen) atoms. The van der Waals surface area contributed by atoms with Crippen molar-refractivity contribution in [3.63, 3.8) is 0 Å². The molecule has 0 amide bonds. The number of aliphatic carboxylic acids is 1. The Hall–Kier alpha value is -0.870. The maximum atomic E-state index is 10.3. The van der Waals surface area contributed by atoms with Crippen LogP contribution in [-0.2, 0) is 4.79 Å². The van der Waals surface area contributed by atoms with Gasteiger partial charge >= 0.3 is 5.97 Å². The van der Waals surface area contributed by atoms with Crippen LogP contribution in [0.25, 0.3) is 0 Å². The van der Waals surface area contributed by atoms with Crippen LogP contribution < -0.4 is 5.32 Å². The number of carboxylic acid groups (broad SMARTS) is 1. The second-order valence-corrected chi connectivity index (χ2v) is 4.05. The molecule has 1 fully saturated rings. The molecule has 1 rings (SSSR count). The molecule has 0 aromatic rings.